The monoisotopic (exact) mass is 224 g/mol. The van der Waals surface area contributed by atoms with E-state index >= 15 is 0 Å². The van der Waals surface area contributed by atoms with Gasteiger partial charge < -0.3 is 4.57 Å². The van der Waals surface area contributed by atoms with Crippen molar-refractivity contribution in [1.29, 1.82) is 0 Å². The van der Waals surface area contributed by atoms with Crippen LogP contribution in [0.5, 0.6) is 0 Å². The number of allylic oxidation sites excluding steroid dienone is 1. The van der Waals surface area contributed by atoms with Crippen molar-refractivity contribution in [3.63, 3.8) is 0 Å². The molecule has 0 N–H and O–H groups in total. The third kappa shape index (κ3) is 4.65. The minimum absolute atomic E-state index is 0. The van der Waals surface area contributed by atoms with Crippen LogP contribution in [0.25, 0.3) is 6.08 Å². The molecule has 16 heavy (non-hydrogen) atoms. The van der Waals surface area contributed by atoms with Crippen LogP contribution in [0, 0.1) is 6.92 Å². The molecule has 1 aromatic heterocycles. The van der Waals surface area contributed by atoms with Crippen LogP contribution in [0.1, 0.15) is 59.5 Å². The number of aromatic nitrogens is 2. The summed E-state index contributed by atoms with van der Waals surface area (Å²) in [6, 6.07) is 0. The second-order valence-electron chi connectivity index (χ2n) is 2.95. The highest BCUT2D eigenvalue weighted by molar-refractivity contribution is 5.41. The first-order valence-electron chi connectivity index (χ1n) is 6.06. The van der Waals surface area contributed by atoms with Crippen molar-refractivity contribution >= 4 is 6.08 Å². The second-order valence-corrected chi connectivity index (χ2v) is 2.95. The Bertz CT molecular complexity index is 285. The molecule has 0 aromatic carbocycles. The van der Waals surface area contributed by atoms with Gasteiger partial charge in [-0.1, -0.05) is 41.2 Å². The number of nitrogens with zero attached hydrogens (tertiary/aromatic N) is 2. The summed E-state index contributed by atoms with van der Waals surface area (Å²) in [5, 5.41) is 0. The van der Waals surface area contributed by atoms with Gasteiger partial charge in [0.15, 0.2) is 0 Å². The van der Waals surface area contributed by atoms with E-state index in [2.05, 4.69) is 28.6 Å². The molecule has 0 saturated carbocycles. The first-order chi connectivity index (χ1) is 7.38. The molecule has 1 aliphatic rings. The molecule has 0 saturated heterocycles. The van der Waals surface area contributed by atoms with Crippen molar-refractivity contribution in [2.75, 3.05) is 0 Å². The summed E-state index contributed by atoms with van der Waals surface area (Å²) in [6.07, 6.45) is 8.67. The lowest BCUT2D eigenvalue weighted by Crippen LogP contribution is -2.00. The van der Waals surface area contributed by atoms with E-state index in [0.29, 0.717) is 0 Å². The number of hydrogen-bond acceptors (Lipinski definition) is 1. The fraction of sp³-hybridized carbons (Fsp3) is 0.643. The average Bonchev–Trinajstić information content (AvgIpc) is 2.56. The molecule has 0 bridgehead atoms. The van der Waals surface area contributed by atoms with Crippen molar-refractivity contribution in [2.24, 2.45) is 0 Å². The second kappa shape index (κ2) is 10.5. The SMILES string of the molecule is C.CC.CC.Cc1cnc2n1CCCC=C2. The Morgan fingerprint density at radius 3 is 2.44 bits per heavy atom. The molecule has 0 amide bonds. The van der Waals surface area contributed by atoms with Crippen LogP contribution >= 0.6 is 0 Å². The zero-order valence-electron chi connectivity index (χ0n) is 10.7. The molecule has 0 atom stereocenters. The standard InChI is InChI=1S/C9H12N2.2C2H6.CH4/c1-8-7-10-9-5-3-2-4-6-11(8)9;2*1-2;/h3,5,7H,2,4,6H2,1H3;2*1-2H3;1H4. The van der Waals surface area contributed by atoms with Crippen LogP contribution in [0.15, 0.2) is 12.3 Å². The summed E-state index contributed by atoms with van der Waals surface area (Å²) in [6.45, 7) is 11.2. The van der Waals surface area contributed by atoms with Gasteiger partial charge in [0, 0.05) is 18.4 Å². The van der Waals surface area contributed by atoms with E-state index in [0.717, 1.165) is 12.4 Å². The molecule has 0 spiro atoms. The van der Waals surface area contributed by atoms with Crippen LogP contribution in [0.3, 0.4) is 0 Å². The number of rotatable bonds is 0. The highest BCUT2D eigenvalue weighted by Crippen LogP contribution is 2.12. The van der Waals surface area contributed by atoms with Gasteiger partial charge in [-0.2, -0.15) is 0 Å². The normalized spacial score (nSPS) is 11.8. The number of fused-ring (bicyclic) bond motifs is 1. The van der Waals surface area contributed by atoms with Crippen LogP contribution in [-0.2, 0) is 6.54 Å². The highest BCUT2D eigenvalue weighted by Gasteiger charge is 2.04. The summed E-state index contributed by atoms with van der Waals surface area (Å²) < 4.78 is 2.27. The molecule has 2 heterocycles. The third-order valence-electron chi connectivity index (χ3n) is 2.11. The fourth-order valence-electron chi connectivity index (χ4n) is 1.46. The largest absolute Gasteiger partial charge is 0.329 e. The molecular formula is C14H28N2. The first kappa shape index (κ1) is 17.3. The molecule has 0 radical (unpaired) electrons. The predicted molar refractivity (Wildman–Crippen MR) is 74.7 cm³/mol. The van der Waals surface area contributed by atoms with Gasteiger partial charge in [-0.3, -0.25) is 0 Å². The number of imidazole rings is 1. The molecule has 0 aliphatic carbocycles. The van der Waals surface area contributed by atoms with Crippen LogP contribution in [-0.4, -0.2) is 9.55 Å². The van der Waals surface area contributed by atoms with Crippen molar-refractivity contribution in [2.45, 2.75) is 61.4 Å². The highest BCUT2D eigenvalue weighted by atomic mass is 15.1. The van der Waals surface area contributed by atoms with Crippen molar-refractivity contribution in [3.05, 3.63) is 23.8 Å². The third-order valence-corrected chi connectivity index (χ3v) is 2.11. The molecule has 1 aromatic rings. The topological polar surface area (TPSA) is 17.8 Å². The van der Waals surface area contributed by atoms with Gasteiger partial charge in [-0.15, -0.1) is 0 Å². The Balaban J connectivity index is 0. The van der Waals surface area contributed by atoms with E-state index in [-0.39, 0.29) is 7.43 Å². The van der Waals surface area contributed by atoms with Gasteiger partial charge in [0.05, 0.1) is 0 Å². The predicted octanol–water partition coefficient (Wildman–Crippen LogP) is 4.69. The maximum Gasteiger partial charge on any atom is 0.132 e. The molecule has 94 valence electrons. The van der Waals surface area contributed by atoms with Gasteiger partial charge in [0.25, 0.3) is 0 Å². The molecule has 0 unspecified atom stereocenters. The summed E-state index contributed by atoms with van der Waals surface area (Å²) >= 11 is 0. The van der Waals surface area contributed by atoms with Gasteiger partial charge in [-0.25, -0.2) is 4.98 Å². The number of aryl methyl sites for hydroxylation is 1. The minimum atomic E-state index is 0. The Labute approximate surface area is 101 Å². The van der Waals surface area contributed by atoms with Crippen LogP contribution in [0.4, 0.5) is 0 Å². The van der Waals surface area contributed by atoms with E-state index in [4.69, 9.17) is 0 Å². The summed E-state index contributed by atoms with van der Waals surface area (Å²) in [5.41, 5.74) is 1.27. The van der Waals surface area contributed by atoms with Crippen molar-refractivity contribution in [1.82, 2.24) is 9.55 Å². The molecule has 0 fully saturated rings. The molecule has 1 aliphatic heterocycles. The van der Waals surface area contributed by atoms with Gasteiger partial charge in [0.2, 0.25) is 0 Å². The van der Waals surface area contributed by atoms with Gasteiger partial charge in [0.1, 0.15) is 5.82 Å². The van der Waals surface area contributed by atoms with E-state index in [1.165, 1.54) is 18.5 Å². The molecular weight excluding hydrogens is 196 g/mol. The van der Waals surface area contributed by atoms with E-state index < -0.39 is 0 Å². The van der Waals surface area contributed by atoms with Crippen molar-refractivity contribution < 1.29 is 0 Å². The van der Waals surface area contributed by atoms with Crippen LogP contribution in [0.2, 0.25) is 0 Å². The lowest BCUT2D eigenvalue weighted by atomic mass is 10.3. The summed E-state index contributed by atoms with van der Waals surface area (Å²) in [7, 11) is 0. The van der Waals surface area contributed by atoms with E-state index in [9.17, 15) is 0 Å². The quantitative estimate of drug-likeness (QED) is 0.625. The van der Waals surface area contributed by atoms with Crippen molar-refractivity contribution in [3.8, 4) is 0 Å². The maximum atomic E-state index is 4.29. The van der Waals surface area contributed by atoms with E-state index in [1.54, 1.807) is 0 Å². The lowest BCUT2D eigenvalue weighted by molar-refractivity contribution is 0.640. The van der Waals surface area contributed by atoms with Gasteiger partial charge >= 0.3 is 0 Å². The Morgan fingerprint density at radius 2 is 1.81 bits per heavy atom. The zero-order chi connectivity index (χ0) is 11.7. The number of hydrogen-bond donors (Lipinski definition) is 0. The molecule has 2 rings (SSSR count). The smallest absolute Gasteiger partial charge is 0.132 e. The average molecular weight is 224 g/mol. The van der Waals surface area contributed by atoms with E-state index in [1.807, 2.05) is 33.9 Å². The van der Waals surface area contributed by atoms with Gasteiger partial charge in [-0.05, 0) is 25.8 Å². The Morgan fingerprint density at radius 1 is 1.19 bits per heavy atom. The maximum absolute atomic E-state index is 4.29. The lowest BCUT2D eigenvalue weighted by Gasteiger charge is -2.03. The first-order valence-corrected chi connectivity index (χ1v) is 6.06. The summed E-state index contributed by atoms with van der Waals surface area (Å²) in [4.78, 5) is 4.29. The summed E-state index contributed by atoms with van der Waals surface area (Å²) in [5.74, 6) is 1.11. The fourth-order valence-corrected chi connectivity index (χ4v) is 1.46. The van der Waals surface area contributed by atoms with Crippen LogP contribution < -0.4 is 0 Å². The molecule has 2 heteroatoms. The Hall–Kier alpha value is -1.05. The Kier molecular flexibility index (Phi) is 11.3. The molecule has 2 nitrogen and oxygen atoms in total. The minimum Gasteiger partial charge on any atom is -0.329 e. The zero-order valence-corrected chi connectivity index (χ0v) is 10.7.